The summed E-state index contributed by atoms with van der Waals surface area (Å²) in [6.45, 7) is 1.57. The topological polar surface area (TPSA) is 101 Å². The van der Waals surface area contributed by atoms with Crippen molar-refractivity contribution in [2.75, 3.05) is 6.54 Å². The summed E-state index contributed by atoms with van der Waals surface area (Å²) < 4.78 is 23.2. The molecule has 0 saturated carbocycles. The van der Waals surface area contributed by atoms with E-state index in [0.717, 1.165) is 4.31 Å². The van der Waals surface area contributed by atoms with Crippen LogP contribution >= 0.6 is 0 Å². The highest BCUT2D eigenvalue weighted by molar-refractivity contribution is 7.86. The van der Waals surface area contributed by atoms with Crippen LogP contribution in [0.4, 0.5) is 0 Å². The fourth-order valence-electron chi connectivity index (χ4n) is 1.72. The molecule has 7 heteroatoms. The Kier molecular flexibility index (Phi) is 2.84. The highest BCUT2D eigenvalue weighted by Crippen LogP contribution is 2.29. The van der Waals surface area contributed by atoms with Gasteiger partial charge in [-0.05, 0) is 26.2 Å². The second kappa shape index (κ2) is 3.48. The molecule has 0 aromatic heterocycles. The van der Waals surface area contributed by atoms with Gasteiger partial charge < -0.3 is 5.11 Å². The Labute approximate surface area is 82.9 Å². The van der Waals surface area contributed by atoms with Crippen LogP contribution in [-0.2, 0) is 15.0 Å². The van der Waals surface area contributed by atoms with Crippen molar-refractivity contribution in [3.8, 4) is 0 Å². The van der Waals surface area contributed by atoms with E-state index in [-0.39, 0.29) is 6.54 Å². The van der Waals surface area contributed by atoms with E-state index in [1.54, 1.807) is 0 Å². The van der Waals surface area contributed by atoms with E-state index in [4.69, 9.17) is 10.2 Å². The van der Waals surface area contributed by atoms with Gasteiger partial charge in [-0.1, -0.05) is 0 Å². The highest BCUT2D eigenvalue weighted by atomic mass is 32.2. The summed E-state index contributed by atoms with van der Waals surface area (Å²) in [6.07, 6.45) is 1.66. The van der Waals surface area contributed by atoms with Crippen LogP contribution in [0.2, 0.25) is 0 Å². The lowest BCUT2D eigenvalue weighted by Gasteiger charge is -2.39. The smallest absolute Gasteiger partial charge is 0.324 e. The second-order valence-corrected chi connectivity index (χ2v) is 5.12. The summed E-state index contributed by atoms with van der Waals surface area (Å²) >= 11 is 0. The Morgan fingerprint density at radius 3 is 2.43 bits per heavy atom. The van der Waals surface area contributed by atoms with Crippen molar-refractivity contribution in [2.24, 2.45) is 5.14 Å². The summed E-state index contributed by atoms with van der Waals surface area (Å²) in [7, 11) is -3.93. The van der Waals surface area contributed by atoms with E-state index in [1.807, 2.05) is 0 Å². The summed E-state index contributed by atoms with van der Waals surface area (Å²) in [5.74, 6) is -1.15. The van der Waals surface area contributed by atoms with Gasteiger partial charge in [0.1, 0.15) is 5.54 Å². The van der Waals surface area contributed by atoms with Crippen LogP contribution in [0.3, 0.4) is 0 Å². The maximum absolute atomic E-state index is 11.1. The average Bonchev–Trinajstić information content (AvgIpc) is 2.02. The number of hydrogen-bond acceptors (Lipinski definition) is 3. The maximum atomic E-state index is 11.1. The summed E-state index contributed by atoms with van der Waals surface area (Å²) in [5.41, 5.74) is -1.38. The van der Waals surface area contributed by atoms with Crippen molar-refractivity contribution < 1.29 is 18.3 Å². The van der Waals surface area contributed by atoms with Crippen molar-refractivity contribution in [1.82, 2.24) is 4.31 Å². The minimum absolute atomic E-state index is 0.182. The third kappa shape index (κ3) is 1.89. The summed E-state index contributed by atoms with van der Waals surface area (Å²) in [5, 5.41) is 13.9. The monoisotopic (exact) mass is 222 g/mol. The van der Waals surface area contributed by atoms with Gasteiger partial charge in [-0.15, -0.1) is 0 Å². The first-order chi connectivity index (χ1) is 6.28. The number of aliphatic carboxylic acids is 1. The first kappa shape index (κ1) is 11.4. The van der Waals surface area contributed by atoms with Gasteiger partial charge in [-0.25, -0.2) is 5.14 Å². The molecule has 0 aliphatic carbocycles. The predicted molar refractivity (Wildman–Crippen MR) is 49.7 cm³/mol. The molecule has 1 fully saturated rings. The molecule has 0 radical (unpaired) electrons. The molecule has 1 heterocycles. The second-order valence-electron chi connectivity index (χ2n) is 3.65. The Morgan fingerprint density at radius 1 is 1.50 bits per heavy atom. The van der Waals surface area contributed by atoms with E-state index in [2.05, 4.69) is 0 Å². The van der Waals surface area contributed by atoms with Crippen LogP contribution < -0.4 is 5.14 Å². The molecule has 1 unspecified atom stereocenters. The summed E-state index contributed by atoms with van der Waals surface area (Å²) in [4.78, 5) is 11.0. The molecule has 1 saturated heterocycles. The van der Waals surface area contributed by atoms with Gasteiger partial charge in [0.05, 0.1) is 0 Å². The van der Waals surface area contributed by atoms with Crippen LogP contribution in [0.15, 0.2) is 0 Å². The number of carboxylic acid groups (broad SMARTS) is 1. The molecule has 0 spiro atoms. The Balaban J connectivity index is 3.07. The molecule has 0 bridgehead atoms. The molecule has 14 heavy (non-hydrogen) atoms. The van der Waals surface area contributed by atoms with Crippen LogP contribution in [0.5, 0.6) is 0 Å². The zero-order valence-electron chi connectivity index (χ0n) is 7.93. The molecule has 1 aliphatic rings. The molecule has 3 N–H and O–H groups in total. The van der Waals surface area contributed by atoms with Crippen molar-refractivity contribution in [3.63, 3.8) is 0 Å². The van der Waals surface area contributed by atoms with E-state index in [9.17, 15) is 13.2 Å². The lowest BCUT2D eigenvalue weighted by molar-refractivity contribution is -0.149. The Bertz CT molecular complexity index is 340. The van der Waals surface area contributed by atoms with E-state index >= 15 is 0 Å². The minimum Gasteiger partial charge on any atom is -0.480 e. The molecule has 82 valence electrons. The van der Waals surface area contributed by atoms with E-state index in [0.29, 0.717) is 19.3 Å². The zero-order chi connectivity index (χ0) is 11.0. The van der Waals surface area contributed by atoms with E-state index in [1.165, 1.54) is 6.92 Å². The van der Waals surface area contributed by atoms with Crippen molar-refractivity contribution in [2.45, 2.75) is 31.7 Å². The first-order valence-corrected chi connectivity index (χ1v) is 5.83. The van der Waals surface area contributed by atoms with Gasteiger partial charge in [0, 0.05) is 6.54 Å². The van der Waals surface area contributed by atoms with Crippen LogP contribution in [-0.4, -0.2) is 35.9 Å². The quantitative estimate of drug-likeness (QED) is 0.658. The van der Waals surface area contributed by atoms with Gasteiger partial charge in [0.2, 0.25) is 0 Å². The van der Waals surface area contributed by atoms with Gasteiger partial charge >= 0.3 is 5.97 Å². The average molecular weight is 222 g/mol. The van der Waals surface area contributed by atoms with Gasteiger partial charge in [0.25, 0.3) is 10.2 Å². The van der Waals surface area contributed by atoms with Gasteiger partial charge in [-0.3, -0.25) is 4.79 Å². The van der Waals surface area contributed by atoms with Crippen molar-refractivity contribution in [1.29, 1.82) is 0 Å². The maximum Gasteiger partial charge on any atom is 0.324 e. The lowest BCUT2D eigenvalue weighted by Crippen LogP contribution is -2.59. The molecule has 1 atom stereocenters. The normalized spacial score (nSPS) is 30.1. The number of piperidine rings is 1. The van der Waals surface area contributed by atoms with Crippen molar-refractivity contribution >= 4 is 16.2 Å². The fraction of sp³-hybridized carbons (Fsp3) is 0.857. The number of carboxylic acids is 1. The van der Waals surface area contributed by atoms with E-state index < -0.39 is 21.7 Å². The summed E-state index contributed by atoms with van der Waals surface area (Å²) in [6, 6.07) is 0. The molecule has 0 aromatic rings. The van der Waals surface area contributed by atoms with Crippen molar-refractivity contribution in [3.05, 3.63) is 0 Å². The van der Waals surface area contributed by atoms with Crippen LogP contribution in [0.25, 0.3) is 0 Å². The third-order valence-corrected chi connectivity index (χ3v) is 3.79. The first-order valence-electron chi connectivity index (χ1n) is 4.32. The largest absolute Gasteiger partial charge is 0.480 e. The van der Waals surface area contributed by atoms with Crippen LogP contribution in [0, 0.1) is 0 Å². The lowest BCUT2D eigenvalue weighted by atomic mass is 9.91. The zero-order valence-corrected chi connectivity index (χ0v) is 8.75. The molecular formula is C7H14N2O4S. The number of hydrogen-bond donors (Lipinski definition) is 2. The Morgan fingerprint density at radius 2 is 2.07 bits per heavy atom. The number of rotatable bonds is 2. The SMILES string of the molecule is CC1(C(=O)O)CCCCN1S(N)(=O)=O. The highest BCUT2D eigenvalue weighted by Gasteiger charge is 2.46. The molecule has 1 rings (SSSR count). The molecule has 6 nitrogen and oxygen atoms in total. The third-order valence-electron chi connectivity index (χ3n) is 2.59. The standard InChI is InChI=1S/C7H14N2O4S/c1-7(6(10)11)4-2-3-5-9(7)14(8,12)13/h2-5H2,1H3,(H,10,11)(H2,8,12,13). The number of nitrogens with two attached hydrogens (primary N) is 1. The molecule has 0 aromatic carbocycles. The van der Waals surface area contributed by atoms with Gasteiger partial charge in [0.15, 0.2) is 0 Å². The fourth-order valence-corrected chi connectivity index (χ4v) is 2.83. The predicted octanol–water partition coefficient (Wildman–Crippen LogP) is -0.481. The molecular weight excluding hydrogens is 208 g/mol. The number of carbonyl (C=O) groups is 1. The molecule has 1 aliphatic heterocycles. The molecule has 0 amide bonds. The number of nitrogens with zero attached hydrogens (tertiary/aromatic N) is 1. The van der Waals surface area contributed by atoms with Crippen LogP contribution in [0.1, 0.15) is 26.2 Å². The minimum atomic E-state index is -3.93. The Hall–Kier alpha value is -0.660. The van der Waals surface area contributed by atoms with Gasteiger partial charge in [-0.2, -0.15) is 12.7 Å².